The number of aliphatic hydroxyl groups is 1. The van der Waals surface area contributed by atoms with Crippen molar-refractivity contribution >= 4 is 17.7 Å². The fourth-order valence-electron chi connectivity index (χ4n) is 2.68. The van der Waals surface area contributed by atoms with Gasteiger partial charge in [0.1, 0.15) is 18.5 Å². The Morgan fingerprint density at radius 3 is 2.27 bits per heavy atom. The minimum atomic E-state index is -1.26. The number of aromatic nitrogens is 1. The second-order valence-corrected chi connectivity index (χ2v) is 7.64. The Morgan fingerprint density at radius 2 is 1.73 bits per heavy atom. The minimum Gasteiger partial charge on any atom is -0.490 e. The summed E-state index contributed by atoms with van der Waals surface area (Å²) in [7, 11) is 1.97. The average molecular weight is 461 g/mol. The second kappa shape index (κ2) is 14.6. The van der Waals surface area contributed by atoms with E-state index in [0.29, 0.717) is 48.9 Å². The Balaban J connectivity index is 0.000000582. The van der Waals surface area contributed by atoms with Gasteiger partial charge < -0.3 is 29.9 Å². The van der Waals surface area contributed by atoms with Crippen LogP contribution in [0.5, 0.6) is 5.75 Å². The molecule has 2 aromatic rings. The zero-order chi connectivity index (χ0) is 24.8. The van der Waals surface area contributed by atoms with Gasteiger partial charge in [-0.3, -0.25) is 4.79 Å². The van der Waals surface area contributed by atoms with Gasteiger partial charge in [-0.1, -0.05) is 26.0 Å². The number of carbonyl (C=O) groups excluding carboxylic acids is 1. The molecule has 0 amide bonds. The number of aliphatic hydroxyl groups excluding tert-OH is 1. The van der Waals surface area contributed by atoms with Crippen LogP contribution in [-0.2, 0) is 23.1 Å². The van der Waals surface area contributed by atoms with E-state index in [-0.39, 0.29) is 12.4 Å². The number of carbonyl (C=O) groups is 3. The predicted octanol–water partition coefficient (Wildman–Crippen LogP) is 2.29. The Bertz CT molecular complexity index is 918. The van der Waals surface area contributed by atoms with Gasteiger partial charge in [-0.25, -0.2) is 9.59 Å². The second-order valence-electron chi connectivity index (χ2n) is 7.64. The predicted molar refractivity (Wildman–Crippen MR) is 124 cm³/mol. The first kappa shape index (κ1) is 27.6. The molecule has 2 rings (SSSR count). The van der Waals surface area contributed by atoms with Gasteiger partial charge in [0.25, 0.3) is 0 Å². The zero-order valence-electron chi connectivity index (χ0n) is 19.1. The van der Waals surface area contributed by atoms with Gasteiger partial charge in [-0.05, 0) is 30.2 Å². The van der Waals surface area contributed by atoms with Crippen molar-refractivity contribution in [1.29, 1.82) is 0 Å². The molecule has 9 nitrogen and oxygen atoms in total. The quantitative estimate of drug-likeness (QED) is 0.280. The highest BCUT2D eigenvalue weighted by Crippen LogP contribution is 2.21. The van der Waals surface area contributed by atoms with E-state index in [1.165, 1.54) is 0 Å². The Hall–Kier alpha value is -3.43. The SMILES string of the molecule is CC(C)NCC(O)COc1ccccc1C(=O)CCc1ccn(C)c1.O=C(O)/C=C/C(=O)O. The first-order valence-electron chi connectivity index (χ1n) is 10.5. The highest BCUT2D eigenvalue weighted by atomic mass is 16.5. The maximum atomic E-state index is 12.5. The van der Waals surface area contributed by atoms with Crippen LogP contribution in [0, 0.1) is 0 Å². The molecule has 180 valence electrons. The number of carboxylic acid groups (broad SMARTS) is 2. The van der Waals surface area contributed by atoms with Crippen LogP contribution in [0.4, 0.5) is 0 Å². The zero-order valence-corrected chi connectivity index (χ0v) is 19.1. The van der Waals surface area contributed by atoms with Crippen LogP contribution < -0.4 is 10.1 Å². The van der Waals surface area contributed by atoms with Gasteiger partial charge in [0.05, 0.1) is 5.56 Å². The van der Waals surface area contributed by atoms with E-state index in [4.69, 9.17) is 14.9 Å². The lowest BCUT2D eigenvalue weighted by molar-refractivity contribution is -0.134. The number of rotatable bonds is 12. The minimum absolute atomic E-state index is 0.0502. The molecule has 1 aromatic carbocycles. The molecule has 0 saturated carbocycles. The van der Waals surface area contributed by atoms with Crippen LogP contribution in [0.25, 0.3) is 0 Å². The number of nitrogens with zero attached hydrogens (tertiary/aromatic N) is 1. The molecule has 9 heteroatoms. The summed E-state index contributed by atoms with van der Waals surface area (Å²) >= 11 is 0. The number of carboxylic acids is 2. The number of Topliss-reactive ketones (excluding diaryl/α,β-unsaturated/α-hetero) is 1. The molecule has 1 heterocycles. The van der Waals surface area contributed by atoms with Gasteiger partial charge >= 0.3 is 11.9 Å². The summed E-state index contributed by atoms with van der Waals surface area (Å²) in [5, 5.41) is 28.8. The lowest BCUT2D eigenvalue weighted by Crippen LogP contribution is -2.35. The van der Waals surface area contributed by atoms with E-state index in [9.17, 15) is 19.5 Å². The molecule has 33 heavy (non-hydrogen) atoms. The normalized spacial score (nSPS) is 11.7. The van der Waals surface area contributed by atoms with Gasteiger partial charge in [0.2, 0.25) is 0 Å². The number of aryl methyl sites for hydroxylation is 2. The van der Waals surface area contributed by atoms with Crippen molar-refractivity contribution in [2.24, 2.45) is 7.05 Å². The van der Waals surface area contributed by atoms with E-state index < -0.39 is 18.0 Å². The molecule has 0 saturated heterocycles. The van der Waals surface area contributed by atoms with E-state index >= 15 is 0 Å². The van der Waals surface area contributed by atoms with E-state index in [1.807, 2.05) is 56.1 Å². The largest absolute Gasteiger partial charge is 0.490 e. The summed E-state index contributed by atoms with van der Waals surface area (Å²) in [6.07, 6.45) is 5.63. The number of ether oxygens (including phenoxy) is 1. The fraction of sp³-hybridized carbons (Fsp3) is 0.375. The van der Waals surface area contributed by atoms with Crippen LogP contribution in [0.2, 0.25) is 0 Å². The van der Waals surface area contributed by atoms with Crippen molar-refractivity contribution in [1.82, 2.24) is 9.88 Å². The van der Waals surface area contributed by atoms with Gasteiger partial charge in [-0.2, -0.15) is 0 Å². The van der Waals surface area contributed by atoms with Crippen molar-refractivity contribution in [3.05, 3.63) is 66.0 Å². The summed E-state index contributed by atoms with van der Waals surface area (Å²) in [4.78, 5) is 31.7. The molecular formula is C24H32N2O7. The summed E-state index contributed by atoms with van der Waals surface area (Å²) < 4.78 is 7.67. The van der Waals surface area contributed by atoms with Crippen molar-refractivity contribution in [3.63, 3.8) is 0 Å². The molecule has 0 radical (unpaired) electrons. The average Bonchev–Trinajstić information content (AvgIpc) is 3.19. The summed E-state index contributed by atoms with van der Waals surface area (Å²) in [6.45, 7) is 4.66. The number of para-hydroxylation sites is 1. The number of aliphatic carboxylic acids is 2. The smallest absolute Gasteiger partial charge is 0.328 e. The van der Waals surface area contributed by atoms with E-state index in [1.54, 1.807) is 12.1 Å². The third kappa shape index (κ3) is 12.3. The summed E-state index contributed by atoms with van der Waals surface area (Å²) in [6, 6.07) is 9.55. The third-order valence-corrected chi connectivity index (χ3v) is 4.28. The Labute approximate surface area is 193 Å². The van der Waals surface area contributed by atoms with Crippen LogP contribution in [0.1, 0.15) is 36.2 Å². The molecule has 1 unspecified atom stereocenters. The first-order chi connectivity index (χ1) is 15.6. The molecule has 0 fully saturated rings. The topological polar surface area (TPSA) is 138 Å². The van der Waals surface area contributed by atoms with E-state index in [0.717, 1.165) is 5.56 Å². The van der Waals surface area contributed by atoms with Crippen LogP contribution in [0.15, 0.2) is 54.9 Å². The number of hydrogen-bond acceptors (Lipinski definition) is 6. The third-order valence-electron chi connectivity index (χ3n) is 4.28. The van der Waals surface area contributed by atoms with Crippen LogP contribution in [-0.4, -0.2) is 62.9 Å². The number of hydrogen-bond donors (Lipinski definition) is 4. The summed E-state index contributed by atoms with van der Waals surface area (Å²) in [5.74, 6) is -1.93. The number of benzene rings is 1. The molecule has 0 aliphatic rings. The van der Waals surface area contributed by atoms with Crippen LogP contribution >= 0.6 is 0 Å². The van der Waals surface area contributed by atoms with Crippen molar-refractivity contribution in [2.75, 3.05) is 13.2 Å². The Kier molecular flexibility index (Phi) is 12.2. The molecular weight excluding hydrogens is 428 g/mol. The molecule has 0 aliphatic heterocycles. The molecule has 0 aliphatic carbocycles. The number of ketones is 1. The molecule has 1 aromatic heterocycles. The number of nitrogens with one attached hydrogen (secondary N) is 1. The van der Waals surface area contributed by atoms with Crippen molar-refractivity contribution in [3.8, 4) is 5.75 Å². The molecule has 0 spiro atoms. The first-order valence-corrected chi connectivity index (χ1v) is 10.5. The van der Waals surface area contributed by atoms with Crippen LogP contribution in [0.3, 0.4) is 0 Å². The highest BCUT2D eigenvalue weighted by molar-refractivity contribution is 5.98. The summed E-state index contributed by atoms with van der Waals surface area (Å²) in [5.41, 5.74) is 1.71. The lowest BCUT2D eigenvalue weighted by Gasteiger charge is -2.16. The highest BCUT2D eigenvalue weighted by Gasteiger charge is 2.14. The maximum absolute atomic E-state index is 12.5. The monoisotopic (exact) mass is 460 g/mol. The van der Waals surface area contributed by atoms with Crippen molar-refractivity contribution < 1.29 is 34.4 Å². The van der Waals surface area contributed by atoms with Gasteiger partial charge in [0.15, 0.2) is 5.78 Å². The maximum Gasteiger partial charge on any atom is 0.328 e. The van der Waals surface area contributed by atoms with Gasteiger partial charge in [-0.15, -0.1) is 0 Å². The molecule has 4 N–H and O–H groups in total. The molecule has 0 bridgehead atoms. The fourth-order valence-corrected chi connectivity index (χ4v) is 2.68. The lowest BCUT2D eigenvalue weighted by atomic mass is 10.0. The molecule has 1 atom stereocenters. The standard InChI is InChI=1S/C20H28N2O3.C4H4O4/c1-15(2)21-12-17(23)14-25-20-7-5-4-6-18(20)19(24)9-8-16-10-11-22(3)13-16;5-3(6)1-2-4(7)8/h4-7,10-11,13,15,17,21,23H,8-9,12,14H2,1-3H3;1-2H,(H,5,6)(H,7,8)/b;2-1+. The van der Waals surface area contributed by atoms with Crippen molar-refractivity contribution in [2.45, 2.75) is 38.8 Å². The Morgan fingerprint density at radius 1 is 1.09 bits per heavy atom. The van der Waals surface area contributed by atoms with Gasteiger partial charge in [0, 0.05) is 50.6 Å². The van der Waals surface area contributed by atoms with E-state index in [2.05, 4.69) is 5.32 Å².